The van der Waals surface area contributed by atoms with Crippen LogP contribution >= 0.6 is 0 Å². The molecule has 0 aromatic heterocycles. The monoisotopic (exact) mass is 579 g/mol. The molecule has 0 aliphatic carbocycles. The van der Waals surface area contributed by atoms with E-state index in [0.29, 0.717) is 22.3 Å². The molecule has 1 heterocycles. The van der Waals surface area contributed by atoms with Gasteiger partial charge in [0.2, 0.25) is 0 Å². The Morgan fingerprint density at radius 2 is 0.907 bits per heavy atom. The Balaban J connectivity index is 0.000000197. The first-order valence-corrected chi connectivity index (χ1v) is 13.0. The molecule has 2 amide bonds. The lowest BCUT2D eigenvalue weighted by atomic mass is 9.96. The number of rotatable bonds is 9. The number of hydrogen-bond acceptors (Lipinski definition) is 6. The van der Waals surface area contributed by atoms with E-state index in [1.165, 1.54) is 24.3 Å². The van der Waals surface area contributed by atoms with Gasteiger partial charge >= 0.3 is 17.9 Å². The highest BCUT2D eigenvalue weighted by molar-refractivity contribution is 6.21. The molecular weight excluding hydrogens is 554 g/mol. The molecule has 10 nitrogen and oxygen atoms in total. The van der Waals surface area contributed by atoms with Gasteiger partial charge < -0.3 is 15.3 Å². The summed E-state index contributed by atoms with van der Waals surface area (Å²) < 4.78 is 0. The Labute approximate surface area is 245 Å². The van der Waals surface area contributed by atoms with Gasteiger partial charge in [-0.1, -0.05) is 66.7 Å². The third kappa shape index (κ3) is 6.71. The number of fused-ring (bicyclic) bond motifs is 1. The first kappa shape index (κ1) is 30.1. The van der Waals surface area contributed by atoms with E-state index in [1.807, 2.05) is 0 Å². The molecule has 1 aliphatic heterocycles. The Hall–Kier alpha value is -5.90. The van der Waals surface area contributed by atoms with Crippen molar-refractivity contribution in [3.05, 3.63) is 142 Å². The molecule has 0 spiro atoms. The fraction of sp³-hybridized carbons (Fsp3) is 0.0909. The normalized spacial score (nSPS) is 11.8. The summed E-state index contributed by atoms with van der Waals surface area (Å²) in [5.41, 5.74) is 2.04. The van der Waals surface area contributed by atoms with Crippen LogP contribution in [0.4, 0.5) is 0 Å². The zero-order chi connectivity index (χ0) is 31.1. The van der Waals surface area contributed by atoms with Crippen molar-refractivity contribution in [2.24, 2.45) is 0 Å². The van der Waals surface area contributed by atoms with Crippen LogP contribution in [0, 0.1) is 0 Å². The number of carboxylic acid groups (broad SMARTS) is 3. The third-order valence-electron chi connectivity index (χ3n) is 6.78. The second-order valence-corrected chi connectivity index (χ2v) is 9.44. The molecule has 4 aromatic rings. The number of aromatic carboxylic acids is 3. The third-order valence-corrected chi connectivity index (χ3v) is 6.78. The molecular formula is C33H25NO9. The summed E-state index contributed by atoms with van der Waals surface area (Å²) in [7, 11) is 0. The number of nitrogens with zero attached hydrogens (tertiary/aromatic N) is 1. The summed E-state index contributed by atoms with van der Waals surface area (Å²) >= 11 is 0. The van der Waals surface area contributed by atoms with E-state index in [1.54, 1.807) is 72.8 Å². The molecule has 216 valence electrons. The zero-order valence-electron chi connectivity index (χ0n) is 22.6. The molecule has 0 bridgehead atoms. The molecule has 1 aliphatic rings. The van der Waals surface area contributed by atoms with Gasteiger partial charge in [0.05, 0.1) is 34.4 Å². The maximum Gasteiger partial charge on any atom is 0.336 e. The van der Waals surface area contributed by atoms with Crippen molar-refractivity contribution in [2.75, 3.05) is 0 Å². The van der Waals surface area contributed by atoms with Crippen molar-refractivity contribution in [1.82, 2.24) is 4.90 Å². The molecule has 4 aromatic carbocycles. The molecule has 5 rings (SSSR count). The SMILES string of the molecule is O=C(O)c1ccccc1CCC(=O)c1ccccc1C(=O)O.O=C(O)c1ccccc1CN1C(=O)c2ccccc2C1=O. The van der Waals surface area contributed by atoms with Crippen LogP contribution in [0.2, 0.25) is 0 Å². The number of ketones is 1. The topological polar surface area (TPSA) is 166 Å². The Kier molecular flexibility index (Phi) is 9.21. The molecule has 3 N–H and O–H groups in total. The average Bonchev–Trinajstić information content (AvgIpc) is 3.25. The summed E-state index contributed by atoms with van der Waals surface area (Å²) in [6.07, 6.45) is 0.295. The van der Waals surface area contributed by atoms with Gasteiger partial charge in [-0.25, -0.2) is 14.4 Å². The second-order valence-electron chi connectivity index (χ2n) is 9.44. The van der Waals surface area contributed by atoms with Crippen molar-refractivity contribution < 1.29 is 44.1 Å². The van der Waals surface area contributed by atoms with E-state index in [4.69, 9.17) is 15.3 Å². The highest BCUT2D eigenvalue weighted by atomic mass is 16.4. The van der Waals surface area contributed by atoms with Gasteiger partial charge in [0, 0.05) is 12.0 Å². The first-order valence-electron chi connectivity index (χ1n) is 13.0. The van der Waals surface area contributed by atoms with E-state index >= 15 is 0 Å². The lowest BCUT2D eigenvalue weighted by Crippen LogP contribution is -2.29. The van der Waals surface area contributed by atoms with Crippen LogP contribution in [0.1, 0.15) is 79.7 Å². The smallest absolute Gasteiger partial charge is 0.336 e. The van der Waals surface area contributed by atoms with Crippen LogP contribution in [-0.2, 0) is 13.0 Å². The van der Waals surface area contributed by atoms with Gasteiger partial charge in [-0.3, -0.25) is 19.3 Å². The lowest BCUT2D eigenvalue weighted by molar-refractivity contribution is 0.0626. The standard InChI is InChI=1S/C17H14O5.C16H11NO4/c18-15(13-7-3-4-8-14(13)17(21)22)10-9-11-5-1-2-6-12(11)16(19)20;18-14-12-7-3-4-8-13(12)15(19)17(14)9-10-5-1-2-6-11(10)16(20)21/h1-8H,9-10H2,(H,19,20)(H,21,22);1-8H,9H2,(H,20,21). The first-order chi connectivity index (χ1) is 20.6. The fourth-order valence-electron chi connectivity index (χ4n) is 4.66. The summed E-state index contributed by atoms with van der Waals surface area (Å²) in [5.74, 6) is -4.39. The minimum absolute atomic E-state index is 0.0426. The summed E-state index contributed by atoms with van der Waals surface area (Å²) in [5, 5.41) is 27.3. The highest BCUT2D eigenvalue weighted by Crippen LogP contribution is 2.25. The van der Waals surface area contributed by atoms with Crippen molar-refractivity contribution in [3.63, 3.8) is 0 Å². The second kappa shape index (κ2) is 13.2. The number of carboxylic acids is 3. The quantitative estimate of drug-likeness (QED) is 0.181. The van der Waals surface area contributed by atoms with Crippen LogP contribution in [0.3, 0.4) is 0 Å². The van der Waals surface area contributed by atoms with E-state index in [-0.39, 0.29) is 47.4 Å². The number of benzene rings is 4. The van der Waals surface area contributed by atoms with E-state index in [2.05, 4.69) is 0 Å². The summed E-state index contributed by atoms with van der Waals surface area (Å²) in [6.45, 7) is -0.0468. The minimum Gasteiger partial charge on any atom is -0.478 e. The number of aryl methyl sites for hydroxylation is 1. The van der Waals surface area contributed by atoms with E-state index in [9.17, 15) is 28.8 Å². The molecule has 0 unspecified atom stereocenters. The zero-order valence-corrected chi connectivity index (χ0v) is 22.6. The number of imide groups is 1. The highest BCUT2D eigenvalue weighted by Gasteiger charge is 2.35. The van der Waals surface area contributed by atoms with Crippen LogP contribution in [0.5, 0.6) is 0 Å². The van der Waals surface area contributed by atoms with Crippen molar-refractivity contribution in [2.45, 2.75) is 19.4 Å². The molecule has 43 heavy (non-hydrogen) atoms. The molecule has 0 saturated heterocycles. The average molecular weight is 580 g/mol. The number of hydrogen-bond donors (Lipinski definition) is 3. The lowest BCUT2D eigenvalue weighted by Gasteiger charge is -2.15. The molecule has 0 radical (unpaired) electrons. The van der Waals surface area contributed by atoms with Gasteiger partial charge in [-0.15, -0.1) is 0 Å². The van der Waals surface area contributed by atoms with Crippen LogP contribution in [0.15, 0.2) is 97.1 Å². The number of carbonyl (C=O) groups is 6. The number of carbonyl (C=O) groups excluding carboxylic acids is 3. The van der Waals surface area contributed by atoms with Gasteiger partial charge in [-0.2, -0.15) is 0 Å². The maximum atomic E-state index is 12.3. The van der Waals surface area contributed by atoms with Gasteiger partial charge in [0.1, 0.15) is 0 Å². The molecule has 0 saturated carbocycles. The largest absolute Gasteiger partial charge is 0.478 e. The molecule has 10 heteroatoms. The Bertz CT molecular complexity index is 1720. The van der Waals surface area contributed by atoms with Gasteiger partial charge in [-0.05, 0) is 47.9 Å². The fourth-order valence-corrected chi connectivity index (χ4v) is 4.66. The summed E-state index contributed by atoms with van der Waals surface area (Å²) in [4.78, 5) is 71.2. The number of amides is 2. The molecule has 0 atom stereocenters. The summed E-state index contributed by atoms with van der Waals surface area (Å²) in [6, 6.07) is 25.4. The Morgan fingerprint density at radius 1 is 0.512 bits per heavy atom. The van der Waals surface area contributed by atoms with Crippen molar-refractivity contribution >= 4 is 35.5 Å². The Morgan fingerprint density at radius 3 is 1.42 bits per heavy atom. The van der Waals surface area contributed by atoms with Gasteiger partial charge in [0.25, 0.3) is 11.8 Å². The number of Topliss-reactive ketones (excluding diaryl/α,β-unsaturated/α-hetero) is 1. The minimum atomic E-state index is -1.16. The predicted octanol–water partition coefficient (Wildman–Crippen LogP) is 5.08. The molecule has 0 fully saturated rings. The van der Waals surface area contributed by atoms with Crippen molar-refractivity contribution in [1.29, 1.82) is 0 Å². The maximum absolute atomic E-state index is 12.3. The van der Waals surface area contributed by atoms with Crippen molar-refractivity contribution in [3.8, 4) is 0 Å². The van der Waals surface area contributed by atoms with E-state index in [0.717, 1.165) is 4.90 Å². The van der Waals surface area contributed by atoms with E-state index < -0.39 is 29.7 Å². The van der Waals surface area contributed by atoms with Crippen LogP contribution < -0.4 is 0 Å². The van der Waals surface area contributed by atoms with Gasteiger partial charge in [0.15, 0.2) is 5.78 Å². The van der Waals surface area contributed by atoms with Crippen LogP contribution in [0.25, 0.3) is 0 Å². The predicted molar refractivity (Wildman–Crippen MR) is 154 cm³/mol. The van der Waals surface area contributed by atoms with Crippen LogP contribution in [-0.4, -0.2) is 55.7 Å².